The molecule has 1 aromatic carbocycles. The van der Waals surface area contributed by atoms with Crippen LogP contribution >= 0.6 is 0 Å². The summed E-state index contributed by atoms with van der Waals surface area (Å²) in [5.41, 5.74) is -0.226. The van der Waals surface area contributed by atoms with Gasteiger partial charge in [-0.3, -0.25) is 19.8 Å². The van der Waals surface area contributed by atoms with Crippen molar-refractivity contribution in [1.29, 1.82) is 0 Å². The zero-order valence-electron chi connectivity index (χ0n) is 9.28. The Hall–Kier alpha value is -2.44. The summed E-state index contributed by atoms with van der Waals surface area (Å²) in [6, 6.07) is 5.39. The fraction of sp³-hybridized carbons (Fsp3) is 0.273. The summed E-state index contributed by atoms with van der Waals surface area (Å²) < 4.78 is 0. The first-order chi connectivity index (χ1) is 8.52. The van der Waals surface area contributed by atoms with Crippen LogP contribution in [0.3, 0.4) is 0 Å². The number of aliphatic carboxylic acids is 1. The number of nitro groups is 1. The lowest BCUT2D eigenvalue weighted by Crippen LogP contribution is -2.38. The molecule has 2 rings (SSSR count). The van der Waals surface area contributed by atoms with Gasteiger partial charge in [0.25, 0.3) is 5.69 Å². The lowest BCUT2D eigenvalue weighted by atomic mass is 10.2. The summed E-state index contributed by atoms with van der Waals surface area (Å²) in [4.78, 5) is 33.6. The van der Waals surface area contributed by atoms with E-state index >= 15 is 0 Å². The molecule has 0 aliphatic heterocycles. The topological polar surface area (TPSA) is 101 Å². The highest BCUT2D eigenvalue weighted by Gasteiger charge is 2.39. The van der Waals surface area contributed by atoms with Crippen LogP contribution in [0.1, 0.15) is 12.8 Å². The first-order valence-electron chi connectivity index (χ1n) is 5.32. The Kier molecular flexibility index (Phi) is 2.97. The van der Waals surface area contributed by atoms with Crippen molar-refractivity contribution < 1.29 is 19.6 Å². The standard InChI is InChI=1S/C11H10N2O5/c14-10(11(15)16)12(7-5-6-7)8-3-1-2-4-9(8)13(17)18/h1-4,7H,5-6H2,(H,15,16). The molecule has 18 heavy (non-hydrogen) atoms. The van der Waals surface area contributed by atoms with Gasteiger partial charge < -0.3 is 5.11 Å². The number of hydrogen-bond acceptors (Lipinski definition) is 4. The molecule has 1 aromatic rings. The number of nitro benzene ring substituents is 1. The Morgan fingerprint density at radius 3 is 2.44 bits per heavy atom. The lowest BCUT2D eigenvalue weighted by Gasteiger charge is -2.19. The minimum absolute atomic E-state index is 0.0393. The minimum atomic E-state index is -1.61. The first-order valence-corrected chi connectivity index (χ1v) is 5.32. The van der Waals surface area contributed by atoms with Crippen LogP contribution in [0.4, 0.5) is 11.4 Å². The number of hydrogen-bond donors (Lipinski definition) is 1. The molecule has 0 heterocycles. The monoisotopic (exact) mass is 250 g/mol. The van der Waals surface area contributed by atoms with E-state index in [1.54, 1.807) is 0 Å². The highest BCUT2D eigenvalue weighted by Crippen LogP contribution is 2.36. The Bertz CT molecular complexity index is 524. The predicted molar refractivity (Wildman–Crippen MR) is 61.2 cm³/mol. The molecular formula is C11H10N2O5. The summed E-state index contributed by atoms with van der Waals surface area (Å²) in [7, 11) is 0. The molecular weight excluding hydrogens is 240 g/mol. The van der Waals surface area contributed by atoms with Gasteiger partial charge in [0.1, 0.15) is 5.69 Å². The van der Waals surface area contributed by atoms with E-state index in [9.17, 15) is 19.7 Å². The average Bonchev–Trinajstić information content (AvgIpc) is 3.14. The van der Waals surface area contributed by atoms with Gasteiger partial charge in [0.15, 0.2) is 0 Å². The van der Waals surface area contributed by atoms with Crippen molar-refractivity contribution >= 4 is 23.3 Å². The van der Waals surface area contributed by atoms with Crippen molar-refractivity contribution in [2.24, 2.45) is 0 Å². The Morgan fingerprint density at radius 2 is 1.94 bits per heavy atom. The molecule has 0 aromatic heterocycles. The quantitative estimate of drug-likeness (QED) is 0.493. The summed E-state index contributed by atoms with van der Waals surface area (Å²) >= 11 is 0. The van der Waals surface area contributed by atoms with E-state index in [4.69, 9.17) is 5.11 Å². The molecule has 0 radical (unpaired) electrons. The van der Waals surface area contributed by atoms with Crippen LogP contribution in [-0.2, 0) is 9.59 Å². The summed E-state index contributed by atoms with van der Waals surface area (Å²) in [6.45, 7) is 0. The first kappa shape index (κ1) is 12.0. The highest BCUT2D eigenvalue weighted by atomic mass is 16.6. The normalized spacial score (nSPS) is 14.0. The molecule has 1 fully saturated rings. The van der Waals surface area contributed by atoms with Crippen molar-refractivity contribution in [2.45, 2.75) is 18.9 Å². The molecule has 0 spiro atoms. The van der Waals surface area contributed by atoms with Gasteiger partial charge in [-0.05, 0) is 18.9 Å². The third-order valence-corrected chi connectivity index (χ3v) is 2.65. The van der Waals surface area contributed by atoms with E-state index < -0.39 is 16.8 Å². The number of rotatable bonds is 3. The molecule has 1 saturated carbocycles. The second-order valence-electron chi connectivity index (χ2n) is 3.96. The number of nitrogens with zero attached hydrogens (tertiary/aromatic N) is 2. The fourth-order valence-corrected chi connectivity index (χ4v) is 1.73. The van der Waals surface area contributed by atoms with Gasteiger partial charge in [0, 0.05) is 12.1 Å². The van der Waals surface area contributed by atoms with Gasteiger partial charge >= 0.3 is 11.9 Å². The number of benzene rings is 1. The lowest BCUT2D eigenvalue weighted by molar-refractivity contribution is -0.384. The molecule has 0 unspecified atom stereocenters. The Balaban J connectivity index is 2.46. The third kappa shape index (κ3) is 2.15. The summed E-state index contributed by atoms with van der Waals surface area (Å²) in [6.07, 6.45) is 1.32. The van der Waals surface area contributed by atoms with Crippen LogP contribution in [0.5, 0.6) is 0 Å². The van der Waals surface area contributed by atoms with Crippen molar-refractivity contribution in [3.63, 3.8) is 0 Å². The number of carbonyl (C=O) groups excluding carboxylic acids is 1. The number of carboxylic acid groups (broad SMARTS) is 1. The van der Waals surface area contributed by atoms with E-state index in [1.807, 2.05) is 0 Å². The van der Waals surface area contributed by atoms with E-state index in [2.05, 4.69) is 0 Å². The van der Waals surface area contributed by atoms with Crippen LogP contribution < -0.4 is 4.90 Å². The van der Waals surface area contributed by atoms with Gasteiger partial charge in [0.2, 0.25) is 0 Å². The van der Waals surface area contributed by atoms with E-state index in [-0.39, 0.29) is 17.4 Å². The maximum atomic E-state index is 11.6. The van der Waals surface area contributed by atoms with Gasteiger partial charge in [-0.25, -0.2) is 4.79 Å². The van der Waals surface area contributed by atoms with Crippen LogP contribution in [0, 0.1) is 10.1 Å². The highest BCUT2D eigenvalue weighted by molar-refractivity contribution is 6.37. The molecule has 7 heteroatoms. The van der Waals surface area contributed by atoms with E-state index in [0.717, 1.165) is 4.90 Å². The van der Waals surface area contributed by atoms with Gasteiger partial charge in [-0.2, -0.15) is 0 Å². The number of para-hydroxylation sites is 2. The molecule has 1 aliphatic rings. The number of anilines is 1. The molecule has 0 bridgehead atoms. The molecule has 94 valence electrons. The van der Waals surface area contributed by atoms with Crippen LogP contribution in [0.25, 0.3) is 0 Å². The third-order valence-electron chi connectivity index (χ3n) is 2.65. The van der Waals surface area contributed by atoms with Gasteiger partial charge in [-0.15, -0.1) is 0 Å². The number of carbonyl (C=O) groups is 2. The second-order valence-corrected chi connectivity index (χ2v) is 3.96. The molecule has 1 aliphatic carbocycles. The van der Waals surface area contributed by atoms with Crippen molar-refractivity contribution in [3.8, 4) is 0 Å². The van der Waals surface area contributed by atoms with Crippen LogP contribution in [-0.4, -0.2) is 27.9 Å². The second kappa shape index (κ2) is 4.44. The Labute approximate surface area is 102 Å². The van der Waals surface area contributed by atoms with Crippen molar-refractivity contribution in [2.75, 3.05) is 4.90 Å². The largest absolute Gasteiger partial charge is 0.474 e. The predicted octanol–water partition coefficient (Wildman–Crippen LogP) is 1.17. The molecule has 0 atom stereocenters. The number of carboxylic acids is 1. The summed E-state index contributed by atoms with van der Waals surface area (Å²) in [5.74, 6) is -2.74. The zero-order chi connectivity index (χ0) is 13.3. The van der Waals surface area contributed by atoms with Gasteiger partial charge in [-0.1, -0.05) is 12.1 Å². The van der Waals surface area contributed by atoms with Crippen molar-refractivity contribution in [3.05, 3.63) is 34.4 Å². The minimum Gasteiger partial charge on any atom is -0.474 e. The van der Waals surface area contributed by atoms with Crippen molar-refractivity contribution in [1.82, 2.24) is 0 Å². The average molecular weight is 250 g/mol. The molecule has 7 nitrogen and oxygen atoms in total. The molecule has 1 amide bonds. The zero-order valence-corrected chi connectivity index (χ0v) is 9.28. The maximum Gasteiger partial charge on any atom is 0.394 e. The SMILES string of the molecule is O=C(O)C(=O)N(c1ccccc1[N+](=O)[O-])C1CC1. The molecule has 1 N–H and O–H groups in total. The van der Waals surface area contributed by atoms with Gasteiger partial charge in [0.05, 0.1) is 4.92 Å². The van der Waals surface area contributed by atoms with Crippen LogP contribution in [0.2, 0.25) is 0 Å². The van der Waals surface area contributed by atoms with E-state index in [1.165, 1.54) is 24.3 Å². The Morgan fingerprint density at radius 1 is 1.33 bits per heavy atom. The maximum absolute atomic E-state index is 11.6. The van der Waals surface area contributed by atoms with Crippen LogP contribution in [0.15, 0.2) is 24.3 Å². The fourth-order valence-electron chi connectivity index (χ4n) is 1.73. The smallest absolute Gasteiger partial charge is 0.394 e. The van der Waals surface area contributed by atoms with E-state index in [0.29, 0.717) is 12.8 Å². The number of amides is 1. The molecule has 0 saturated heterocycles. The summed E-state index contributed by atoms with van der Waals surface area (Å²) in [5, 5.41) is 19.6.